The number of thiophene rings is 1. The quantitative estimate of drug-likeness (QED) is 0.581. The SMILES string of the molecule is O=C(NO)c1cc2ccc(Cl)cc2s1. The summed E-state index contributed by atoms with van der Waals surface area (Å²) in [4.78, 5) is 11.5. The molecule has 1 amide bonds. The van der Waals surface area contributed by atoms with Crippen molar-refractivity contribution in [2.45, 2.75) is 0 Å². The van der Waals surface area contributed by atoms with Crippen LogP contribution in [0.1, 0.15) is 9.67 Å². The number of hydrogen-bond acceptors (Lipinski definition) is 3. The monoisotopic (exact) mass is 227 g/mol. The number of hydroxylamine groups is 1. The molecule has 0 atom stereocenters. The molecule has 0 radical (unpaired) electrons. The molecule has 0 unspecified atom stereocenters. The molecule has 2 aromatic rings. The Morgan fingerprint density at radius 1 is 1.43 bits per heavy atom. The van der Waals surface area contributed by atoms with E-state index >= 15 is 0 Å². The molecular weight excluding hydrogens is 222 g/mol. The summed E-state index contributed by atoms with van der Waals surface area (Å²) < 4.78 is 0.927. The molecule has 0 spiro atoms. The van der Waals surface area contributed by atoms with Gasteiger partial charge in [0.25, 0.3) is 5.91 Å². The van der Waals surface area contributed by atoms with Gasteiger partial charge in [0.15, 0.2) is 0 Å². The first-order valence-electron chi connectivity index (χ1n) is 3.84. The zero-order valence-electron chi connectivity index (χ0n) is 6.95. The Kier molecular flexibility index (Phi) is 2.41. The number of benzene rings is 1. The van der Waals surface area contributed by atoms with Gasteiger partial charge in [0.1, 0.15) is 0 Å². The summed E-state index contributed by atoms with van der Waals surface area (Å²) in [5, 5.41) is 10.0. The molecule has 2 N–H and O–H groups in total. The van der Waals surface area contributed by atoms with Crippen molar-refractivity contribution in [1.82, 2.24) is 5.48 Å². The van der Waals surface area contributed by atoms with Gasteiger partial charge in [-0.3, -0.25) is 10.0 Å². The fourth-order valence-electron chi connectivity index (χ4n) is 1.17. The minimum absolute atomic E-state index is 0.463. The van der Waals surface area contributed by atoms with E-state index in [0.717, 1.165) is 10.1 Å². The molecule has 3 nitrogen and oxygen atoms in total. The number of fused-ring (bicyclic) bond motifs is 1. The van der Waals surface area contributed by atoms with Gasteiger partial charge >= 0.3 is 0 Å². The van der Waals surface area contributed by atoms with Crippen LogP contribution < -0.4 is 5.48 Å². The van der Waals surface area contributed by atoms with Crippen molar-refractivity contribution in [3.05, 3.63) is 34.2 Å². The Morgan fingerprint density at radius 3 is 2.93 bits per heavy atom. The van der Waals surface area contributed by atoms with Crippen molar-refractivity contribution in [1.29, 1.82) is 0 Å². The van der Waals surface area contributed by atoms with Crippen molar-refractivity contribution in [3.8, 4) is 0 Å². The number of carbonyl (C=O) groups excluding carboxylic acids is 1. The molecule has 14 heavy (non-hydrogen) atoms. The van der Waals surface area contributed by atoms with E-state index in [-0.39, 0.29) is 0 Å². The number of halogens is 1. The highest BCUT2D eigenvalue weighted by Crippen LogP contribution is 2.27. The first-order chi connectivity index (χ1) is 6.70. The van der Waals surface area contributed by atoms with E-state index in [2.05, 4.69) is 0 Å². The molecule has 72 valence electrons. The van der Waals surface area contributed by atoms with E-state index in [0.29, 0.717) is 9.90 Å². The third kappa shape index (κ3) is 1.59. The van der Waals surface area contributed by atoms with Gasteiger partial charge in [0.2, 0.25) is 0 Å². The zero-order chi connectivity index (χ0) is 10.1. The van der Waals surface area contributed by atoms with E-state index in [1.807, 2.05) is 6.07 Å². The molecule has 0 saturated heterocycles. The predicted octanol–water partition coefficient (Wildman–Crippen LogP) is 2.67. The Labute approximate surface area is 88.9 Å². The third-order valence-electron chi connectivity index (χ3n) is 1.81. The Morgan fingerprint density at radius 2 is 2.21 bits per heavy atom. The topological polar surface area (TPSA) is 49.3 Å². The molecular formula is C9H6ClNO2S. The first kappa shape index (κ1) is 9.45. The van der Waals surface area contributed by atoms with Crippen LogP contribution in [0.25, 0.3) is 10.1 Å². The Hall–Kier alpha value is -1.10. The molecule has 2 rings (SSSR count). The number of amides is 1. The smallest absolute Gasteiger partial charge is 0.284 e. The van der Waals surface area contributed by atoms with Gasteiger partial charge in [0.05, 0.1) is 4.88 Å². The number of hydrogen-bond donors (Lipinski definition) is 2. The Balaban J connectivity index is 2.56. The van der Waals surface area contributed by atoms with Crippen LogP contribution in [0.2, 0.25) is 5.02 Å². The average Bonchev–Trinajstić information content (AvgIpc) is 2.59. The lowest BCUT2D eigenvalue weighted by molar-refractivity contribution is 0.0711. The third-order valence-corrected chi connectivity index (χ3v) is 3.14. The molecule has 0 aliphatic carbocycles. The Bertz CT molecular complexity index is 495. The number of nitrogens with one attached hydrogen (secondary N) is 1. The van der Waals surface area contributed by atoms with E-state index in [4.69, 9.17) is 16.8 Å². The van der Waals surface area contributed by atoms with Crippen LogP contribution in [0.3, 0.4) is 0 Å². The molecule has 0 aliphatic rings. The highest BCUT2D eigenvalue weighted by atomic mass is 35.5. The van der Waals surface area contributed by atoms with Crippen molar-refractivity contribution < 1.29 is 10.0 Å². The summed E-state index contributed by atoms with van der Waals surface area (Å²) in [6, 6.07) is 7.09. The first-order valence-corrected chi connectivity index (χ1v) is 5.03. The van der Waals surface area contributed by atoms with E-state index in [1.54, 1.807) is 23.7 Å². The molecule has 0 saturated carbocycles. The summed E-state index contributed by atoms with van der Waals surface area (Å²) in [5.41, 5.74) is 1.60. The molecule has 1 heterocycles. The lowest BCUT2D eigenvalue weighted by Crippen LogP contribution is -2.16. The van der Waals surface area contributed by atoms with Gasteiger partial charge in [-0.2, -0.15) is 0 Å². The summed E-state index contributed by atoms with van der Waals surface area (Å²) in [6.45, 7) is 0. The predicted molar refractivity (Wildman–Crippen MR) is 56.1 cm³/mol. The van der Waals surface area contributed by atoms with Gasteiger partial charge in [-0.05, 0) is 23.6 Å². The maximum Gasteiger partial charge on any atom is 0.284 e. The van der Waals surface area contributed by atoms with Crippen LogP contribution in [-0.2, 0) is 0 Å². The van der Waals surface area contributed by atoms with Crippen molar-refractivity contribution >= 4 is 38.9 Å². The second kappa shape index (κ2) is 3.57. The summed E-state index contributed by atoms with van der Waals surface area (Å²) in [7, 11) is 0. The van der Waals surface area contributed by atoms with E-state index in [9.17, 15) is 4.79 Å². The highest BCUT2D eigenvalue weighted by molar-refractivity contribution is 7.20. The number of carbonyl (C=O) groups is 1. The highest BCUT2D eigenvalue weighted by Gasteiger charge is 2.08. The van der Waals surface area contributed by atoms with Gasteiger partial charge in [0, 0.05) is 9.72 Å². The van der Waals surface area contributed by atoms with Crippen molar-refractivity contribution in [2.24, 2.45) is 0 Å². The summed E-state index contributed by atoms with van der Waals surface area (Å²) in [6.07, 6.45) is 0. The average molecular weight is 228 g/mol. The molecule has 1 aromatic carbocycles. The second-order valence-electron chi connectivity index (χ2n) is 2.73. The van der Waals surface area contributed by atoms with Gasteiger partial charge < -0.3 is 0 Å². The normalized spacial score (nSPS) is 10.4. The lowest BCUT2D eigenvalue weighted by Gasteiger charge is -1.89. The summed E-state index contributed by atoms with van der Waals surface area (Å²) in [5.74, 6) is -0.498. The van der Waals surface area contributed by atoms with E-state index < -0.39 is 5.91 Å². The van der Waals surface area contributed by atoms with Crippen LogP contribution >= 0.6 is 22.9 Å². The lowest BCUT2D eigenvalue weighted by atomic mass is 10.2. The van der Waals surface area contributed by atoms with Gasteiger partial charge in [-0.25, -0.2) is 5.48 Å². The van der Waals surface area contributed by atoms with Crippen LogP contribution in [0.15, 0.2) is 24.3 Å². The molecule has 5 heteroatoms. The molecule has 0 bridgehead atoms. The standard InChI is InChI=1S/C9H6ClNO2S/c10-6-2-1-5-3-8(9(12)11-13)14-7(5)4-6/h1-4,13H,(H,11,12). The fraction of sp³-hybridized carbons (Fsp3) is 0. The van der Waals surface area contributed by atoms with Gasteiger partial charge in [-0.15, -0.1) is 11.3 Å². The molecule has 1 aromatic heterocycles. The molecule has 0 fully saturated rings. The number of rotatable bonds is 1. The molecule has 0 aliphatic heterocycles. The van der Waals surface area contributed by atoms with Crippen molar-refractivity contribution in [2.75, 3.05) is 0 Å². The minimum atomic E-state index is -0.498. The van der Waals surface area contributed by atoms with E-state index in [1.165, 1.54) is 11.3 Å². The van der Waals surface area contributed by atoms with Crippen molar-refractivity contribution in [3.63, 3.8) is 0 Å². The van der Waals surface area contributed by atoms with Crippen LogP contribution in [0, 0.1) is 0 Å². The largest absolute Gasteiger partial charge is 0.288 e. The van der Waals surface area contributed by atoms with Gasteiger partial charge in [-0.1, -0.05) is 17.7 Å². The van der Waals surface area contributed by atoms with Crippen LogP contribution in [-0.4, -0.2) is 11.1 Å². The second-order valence-corrected chi connectivity index (χ2v) is 4.25. The van der Waals surface area contributed by atoms with Crippen LogP contribution in [0.4, 0.5) is 0 Å². The van der Waals surface area contributed by atoms with Crippen LogP contribution in [0.5, 0.6) is 0 Å². The maximum absolute atomic E-state index is 11.1. The zero-order valence-corrected chi connectivity index (χ0v) is 8.52. The minimum Gasteiger partial charge on any atom is -0.288 e. The maximum atomic E-state index is 11.1. The summed E-state index contributed by atoms with van der Waals surface area (Å²) >= 11 is 7.09. The fourth-order valence-corrected chi connectivity index (χ4v) is 2.40.